The maximum Gasteiger partial charge on any atom is 0.238 e. The third-order valence-electron chi connectivity index (χ3n) is 4.57. The summed E-state index contributed by atoms with van der Waals surface area (Å²) in [7, 11) is 0. The molecule has 0 spiro atoms. The molecule has 2 aromatic carbocycles. The summed E-state index contributed by atoms with van der Waals surface area (Å²) in [5.41, 5.74) is 13.8. The second-order valence-corrected chi connectivity index (χ2v) is 6.13. The number of rotatable bonds is 1. The molecule has 0 saturated heterocycles. The molecule has 5 nitrogen and oxygen atoms in total. The minimum Gasteiger partial charge on any atom is -0.367 e. The number of para-hydroxylation sites is 1. The zero-order valence-electron chi connectivity index (χ0n) is 13.6. The standard InChI is InChI=1S/C20H15N5/c1-12-6-2-3-7-13(12)17-15-10-11-25-19(15)18(23-20(21)24-25)14-8-4-5-9-16(14)22-17/h2-11H,1H3,(H2,21,24). The fourth-order valence-electron chi connectivity index (χ4n) is 3.42. The Hall–Kier alpha value is -3.47. The minimum atomic E-state index is 0.249. The first kappa shape index (κ1) is 13.9. The summed E-state index contributed by atoms with van der Waals surface area (Å²) in [6.45, 7) is 2.10. The van der Waals surface area contributed by atoms with Gasteiger partial charge >= 0.3 is 0 Å². The van der Waals surface area contributed by atoms with Crippen LogP contribution in [0.25, 0.3) is 16.8 Å². The van der Waals surface area contributed by atoms with E-state index in [0.29, 0.717) is 0 Å². The van der Waals surface area contributed by atoms with Gasteiger partial charge in [-0.1, -0.05) is 42.5 Å². The molecule has 2 aromatic heterocycles. The van der Waals surface area contributed by atoms with Crippen molar-refractivity contribution in [3.63, 3.8) is 0 Å². The Balaban J connectivity index is 1.95. The van der Waals surface area contributed by atoms with Gasteiger partial charge in [0.1, 0.15) is 11.2 Å². The number of anilines is 1. The van der Waals surface area contributed by atoms with Crippen LogP contribution < -0.4 is 5.73 Å². The quantitative estimate of drug-likeness (QED) is 0.510. The number of hydrogen-bond acceptors (Lipinski definition) is 4. The predicted molar refractivity (Wildman–Crippen MR) is 99.3 cm³/mol. The molecule has 25 heavy (non-hydrogen) atoms. The fourth-order valence-corrected chi connectivity index (χ4v) is 3.42. The van der Waals surface area contributed by atoms with Crippen LogP contribution in [0.3, 0.4) is 0 Å². The SMILES string of the molecule is Cc1ccccc1C1=Nc2ccccc2-c2nc(N)nn3ccc1c23. The number of nitrogen functional groups attached to an aromatic ring is 1. The van der Waals surface area contributed by atoms with Gasteiger partial charge in [-0.2, -0.15) is 0 Å². The molecule has 0 atom stereocenters. The molecule has 0 unspecified atom stereocenters. The van der Waals surface area contributed by atoms with Gasteiger partial charge in [0.15, 0.2) is 0 Å². The van der Waals surface area contributed by atoms with E-state index < -0.39 is 0 Å². The number of fused-ring (bicyclic) bond motifs is 2. The molecule has 0 aliphatic carbocycles. The number of hydrogen-bond donors (Lipinski definition) is 1. The van der Waals surface area contributed by atoms with Crippen LogP contribution in [0.4, 0.5) is 11.6 Å². The summed E-state index contributed by atoms with van der Waals surface area (Å²) in [5.74, 6) is 0.249. The maximum absolute atomic E-state index is 5.93. The molecule has 0 bridgehead atoms. The van der Waals surface area contributed by atoms with E-state index in [2.05, 4.69) is 29.1 Å². The van der Waals surface area contributed by atoms with Gasteiger partial charge in [0.25, 0.3) is 0 Å². The van der Waals surface area contributed by atoms with Gasteiger partial charge in [-0.25, -0.2) is 14.5 Å². The van der Waals surface area contributed by atoms with Crippen molar-refractivity contribution in [3.8, 4) is 11.3 Å². The zero-order valence-corrected chi connectivity index (χ0v) is 13.6. The zero-order chi connectivity index (χ0) is 17.0. The molecule has 1 aliphatic heterocycles. The second-order valence-electron chi connectivity index (χ2n) is 6.13. The monoisotopic (exact) mass is 325 g/mol. The molecule has 4 aromatic rings. The first-order valence-corrected chi connectivity index (χ1v) is 8.12. The van der Waals surface area contributed by atoms with E-state index in [4.69, 9.17) is 10.7 Å². The summed E-state index contributed by atoms with van der Waals surface area (Å²) >= 11 is 0. The van der Waals surface area contributed by atoms with Crippen LogP contribution in [0.1, 0.15) is 16.7 Å². The van der Waals surface area contributed by atoms with Crippen LogP contribution in [-0.4, -0.2) is 20.3 Å². The van der Waals surface area contributed by atoms with E-state index >= 15 is 0 Å². The van der Waals surface area contributed by atoms with Crippen molar-refractivity contribution in [1.82, 2.24) is 14.6 Å². The number of benzene rings is 2. The van der Waals surface area contributed by atoms with Crippen molar-refractivity contribution in [1.29, 1.82) is 0 Å². The fraction of sp³-hybridized carbons (Fsp3) is 0.0500. The highest BCUT2D eigenvalue weighted by atomic mass is 15.3. The van der Waals surface area contributed by atoms with Crippen LogP contribution >= 0.6 is 0 Å². The number of aryl methyl sites for hydroxylation is 1. The maximum atomic E-state index is 5.93. The van der Waals surface area contributed by atoms with Crippen LogP contribution in [0.15, 0.2) is 65.8 Å². The molecule has 0 radical (unpaired) electrons. The number of aromatic nitrogens is 3. The van der Waals surface area contributed by atoms with E-state index in [1.54, 1.807) is 4.52 Å². The Morgan fingerprint density at radius 1 is 0.880 bits per heavy atom. The summed E-state index contributed by atoms with van der Waals surface area (Å²) in [6.07, 6.45) is 1.91. The summed E-state index contributed by atoms with van der Waals surface area (Å²) < 4.78 is 1.79. The normalized spacial score (nSPS) is 12.6. The van der Waals surface area contributed by atoms with Gasteiger partial charge < -0.3 is 5.73 Å². The van der Waals surface area contributed by atoms with Crippen molar-refractivity contribution in [2.24, 2.45) is 4.99 Å². The molecule has 120 valence electrons. The molecule has 1 aliphatic rings. The minimum absolute atomic E-state index is 0.249. The molecular weight excluding hydrogens is 310 g/mol. The van der Waals surface area contributed by atoms with E-state index in [1.165, 1.54) is 5.56 Å². The summed E-state index contributed by atoms with van der Waals surface area (Å²) in [4.78, 5) is 9.54. The van der Waals surface area contributed by atoms with E-state index in [0.717, 1.165) is 39.3 Å². The van der Waals surface area contributed by atoms with Crippen LogP contribution in [0.5, 0.6) is 0 Å². The third kappa shape index (κ3) is 1.99. The first-order valence-electron chi connectivity index (χ1n) is 8.12. The van der Waals surface area contributed by atoms with Crippen LogP contribution in [-0.2, 0) is 0 Å². The van der Waals surface area contributed by atoms with Crippen LogP contribution in [0.2, 0.25) is 0 Å². The molecular formula is C20H15N5. The Morgan fingerprint density at radius 2 is 1.64 bits per heavy atom. The Labute approximate surface area is 144 Å². The van der Waals surface area contributed by atoms with Crippen molar-refractivity contribution in [3.05, 3.63) is 77.5 Å². The Morgan fingerprint density at radius 3 is 2.48 bits per heavy atom. The Bertz CT molecular complexity index is 1170. The smallest absolute Gasteiger partial charge is 0.238 e. The van der Waals surface area contributed by atoms with Crippen molar-refractivity contribution < 1.29 is 0 Å². The van der Waals surface area contributed by atoms with E-state index in [-0.39, 0.29) is 5.95 Å². The largest absolute Gasteiger partial charge is 0.367 e. The van der Waals surface area contributed by atoms with E-state index in [9.17, 15) is 0 Å². The molecule has 0 amide bonds. The number of nitrogens with zero attached hydrogens (tertiary/aromatic N) is 4. The lowest BCUT2D eigenvalue weighted by molar-refractivity contribution is 0.920. The van der Waals surface area contributed by atoms with Gasteiger partial charge in [-0.15, -0.1) is 5.10 Å². The predicted octanol–water partition coefficient (Wildman–Crippen LogP) is 3.77. The second kappa shape index (κ2) is 5.01. The van der Waals surface area contributed by atoms with Gasteiger partial charge in [0.05, 0.1) is 11.4 Å². The van der Waals surface area contributed by atoms with Gasteiger partial charge in [0, 0.05) is 22.9 Å². The van der Waals surface area contributed by atoms with E-state index in [1.807, 2.05) is 48.7 Å². The lowest BCUT2D eigenvalue weighted by Crippen LogP contribution is -2.06. The number of aliphatic imine (C=N–C) groups is 1. The molecule has 5 heteroatoms. The molecule has 5 rings (SSSR count). The third-order valence-corrected chi connectivity index (χ3v) is 4.57. The topological polar surface area (TPSA) is 68.6 Å². The lowest BCUT2D eigenvalue weighted by Gasteiger charge is -2.08. The van der Waals surface area contributed by atoms with Crippen molar-refractivity contribution >= 4 is 22.9 Å². The highest BCUT2D eigenvalue weighted by Crippen LogP contribution is 2.38. The summed E-state index contributed by atoms with van der Waals surface area (Å²) in [6, 6.07) is 18.3. The lowest BCUT2D eigenvalue weighted by atomic mass is 9.98. The first-order chi connectivity index (χ1) is 12.2. The van der Waals surface area contributed by atoms with Crippen LogP contribution in [0, 0.1) is 6.92 Å². The highest BCUT2D eigenvalue weighted by molar-refractivity contribution is 6.21. The van der Waals surface area contributed by atoms with Crippen molar-refractivity contribution in [2.45, 2.75) is 6.92 Å². The Kier molecular flexibility index (Phi) is 2.79. The molecule has 0 saturated carbocycles. The van der Waals surface area contributed by atoms with Gasteiger partial charge in [0.2, 0.25) is 5.95 Å². The van der Waals surface area contributed by atoms with Crippen molar-refractivity contribution in [2.75, 3.05) is 5.73 Å². The van der Waals surface area contributed by atoms with Gasteiger partial charge in [-0.05, 0) is 24.6 Å². The average Bonchev–Trinajstić information content (AvgIpc) is 2.97. The molecule has 3 heterocycles. The number of nitrogens with two attached hydrogens (primary N) is 1. The summed E-state index contributed by atoms with van der Waals surface area (Å²) in [5, 5.41) is 4.33. The molecule has 0 fully saturated rings. The van der Waals surface area contributed by atoms with Gasteiger partial charge in [-0.3, -0.25) is 0 Å². The highest BCUT2D eigenvalue weighted by Gasteiger charge is 2.23. The average molecular weight is 325 g/mol. The molecule has 2 N–H and O–H groups in total.